The van der Waals surface area contributed by atoms with Crippen LogP contribution in [0.1, 0.15) is 29.9 Å². The van der Waals surface area contributed by atoms with E-state index in [0.717, 1.165) is 18.1 Å². The van der Waals surface area contributed by atoms with Gasteiger partial charge in [0.05, 0.1) is 0 Å². The summed E-state index contributed by atoms with van der Waals surface area (Å²) in [5.74, 6) is 0. The second-order valence-electron chi connectivity index (χ2n) is 5.54. The third kappa shape index (κ3) is 3.82. The number of benzene rings is 1. The van der Waals surface area contributed by atoms with Crippen molar-refractivity contribution in [1.29, 1.82) is 0 Å². The van der Waals surface area contributed by atoms with E-state index in [1.165, 1.54) is 16.0 Å². The van der Waals surface area contributed by atoms with Crippen molar-refractivity contribution in [2.45, 2.75) is 32.7 Å². The SMILES string of the molecule is Cc1cc(Cl)ccc1CNCC(C)(C)c1cccs1. The first kappa shape index (κ1) is 14.6. The zero-order valence-electron chi connectivity index (χ0n) is 11.7. The number of aryl methyl sites for hydroxylation is 1. The normalized spacial score (nSPS) is 11.8. The Morgan fingerprint density at radius 3 is 2.68 bits per heavy atom. The molecule has 0 amide bonds. The summed E-state index contributed by atoms with van der Waals surface area (Å²) in [6, 6.07) is 10.4. The second kappa shape index (κ2) is 6.08. The van der Waals surface area contributed by atoms with Crippen LogP contribution in [0.25, 0.3) is 0 Å². The Morgan fingerprint density at radius 1 is 1.26 bits per heavy atom. The topological polar surface area (TPSA) is 12.0 Å². The van der Waals surface area contributed by atoms with Gasteiger partial charge in [-0.2, -0.15) is 0 Å². The average molecular weight is 294 g/mol. The molecule has 0 radical (unpaired) electrons. The second-order valence-corrected chi connectivity index (χ2v) is 6.92. The van der Waals surface area contributed by atoms with Crippen LogP contribution in [0.2, 0.25) is 5.02 Å². The van der Waals surface area contributed by atoms with Crippen molar-refractivity contribution < 1.29 is 0 Å². The summed E-state index contributed by atoms with van der Waals surface area (Å²) in [7, 11) is 0. The van der Waals surface area contributed by atoms with Crippen molar-refractivity contribution in [3.05, 3.63) is 56.7 Å². The van der Waals surface area contributed by atoms with Crippen LogP contribution < -0.4 is 5.32 Å². The lowest BCUT2D eigenvalue weighted by molar-refractivity contribution is 0.476. The Morgan fingerprint density at radius 2 is 2.05 bits per heavy atom. The van der Waals surface area contributed by atoms with E-state index in [2.05, 4.69) is 49.7 Å². The molecule has 1 aromatic carbocycles. The van der Waals surface area contributed by atoms with Gasteiger partial charge in [-0.05, 0) is 41.6 Å². The molecule has 0 saturated heterocycles. The molecule has 3 heteroatoms. The van der Waals surface area contributed by atoms with Gasteiger partial charge in [-0.3, -0.25) is 0 Å². The van der Waals surface area contributed by atoms with Crippen molar-refractivity contribution in [3.63, 3.8) is 0 Å². The molecule has 1 aromatic heterocycles. The fraction of sp³-hybridized carbons (Fsp3) is 0.375. The van der Waals surface area contributed by atoms with E-state index in [-0.39, 0.29) is 5.41 Å². The van der Waals surface area contributed by atoms with Gasteiger partial charge in [0.1, 0.15) is 0 Å². The molecule has 1 heterocycles. The lowest BCUT2D eigenvalue weighted by Crippen LogP contribution is -2.32. The van der Waals surface area contributed by atoms with E-state index in [9.17, 15) is 0 Å². The molecule has 1 nitrogen and oxygen atoms in total. The molecule has 0 bridgehead atoms. The van der Waals surface area contributed by atoms with Gasteiger partial charge in [-0.1, -0.05) is 37.6 Å². The molecule has 1 N–H and O–H groups in total. The number of nitrogens with one attached hydrogen (secondary N) is 1. The van der Waals surface area contributed by atoms with Crippen LogP contribution in [0.3, 0.4) is 0 Å². The maximum atomic E-state index is 5.97. The van der Waals surface area contributed by atoms with Gasteiger partial charge in [0.25, 0.3) is 0 Å². The Kier molecular flexibility index (Phi) is 4.67. The molecule has 2 rings (SSSR count). The van der Waals surface area contributed by atoms with E-state index in [0.29, 0.717) is 0 Å². The minimum atomic E-state index is 0.175. The molecule has 2 aromatic rings. The van der Waals surface area contributed by atoms with Gasteiger partial charge in [0.2, 0.25) is 0 Å². The Labute approximate surface area is 124 Å². The first-order valence-corrected chi connectivity index (χ1v) is 7.74. The Hall–Kier alpha value is -0.830. The zero-order chi connectivity index (χ0) is 13.9. The molecule has 0 aliphatic heterocycles. The third-order valence-electron chi connectivity index (χ3n) is 3.38. The monoisotopic (exact) mass is 293 g/mol. The zero-order valence-corrected chi connectivity index (χ0v) is 13.2. The first-order valence-electron chi connectivity index (χ1n) is 6.49. The molecular formula is C16H20ClNS. The van der Waals surface area contributed by atoms with E-state index in [4.69, 9.17) is 11.6 Å². The molecule has 0 unspecified atom stereocenters. The van der Waals surface area contributed by atoms with Gasteiger partial charge in [0, 0.05) is 28.4 Å². The fourth-order valence-electron chi connectivity index (χ4n) is 2.12. The van der Waals surface area contributed by atoms with Crippen LogP contribution in [0.4, 0.5) is 0 Å². The minimum Gasteiger partial charge on any atom is -0.312 e. The van der Waals surface area contributed by atoms with Crippen molar-refractivity contribution in [3.8, 4) is 0 Å². The molecule has 0 aliphatic carbocycles. The van der Waals surface area contributed by atoms with Crippen molar-refractivity contribution >= 4 is 22.9 Å². The summed E-state index contributed by atoms with van der Waals surface area (Å²) >= 11 is 7.80. The molecule has 0 fully saturated rings. The molecular weight excluding hydrogens is 274 g/mol. The van der Waals surface area contributed by atoms with Crippen molar-refractivity contribution in [2.24, 2.45) is 0 Å². The Bertz CT molecular complexity index is 532. The van der Waals surface area contributed by atoms with Crippen molar-refractivity contribution in [2.75, 3.05) is 6.54 Å². The van der Waals surface area contributed by atoms with Crippen LogP contribution in [0.5, 0.6) is 0 Å². The summed E-state index contributed by atoms with van der Waals surface area (Å²) in [5.41, 5.74) is 2.73. The maximum absolute atomic E-state index is 5.97. The molecule has 0 atom stereocenters. The molecule has 0 saturated carbocycles. The van der Waals surface area contributed by atoms with Gasteiger partial charge in [0.15, 0.2) is 0 Å². The van der Waals surface area contributed by atoms with Gasteiger partial charge in [-0.25, -0.2) is 0 Å². The highest BCUT2D eigenvalue weighted by molar-refractivity contribution is 7.10. The summed E-state index contributed by atoms with van der Waals surface area (Å²) in [5, 5.41) is 6.50. The molecule has 102 valence electrons. The average Bonchev–Trinajstić information content (AvgIpc) is 2.86. The summed E-state index contributed by atoms with van der Waals surface area (Å²) in [6.07, 6.45) is 0. The van der Waals surface area contributed by atoms with Crippen LogP contribution in [0, 0.1) is 6.92 Å². The maximum Gasteiger partial charge on any atom is 0.0408 e. The minimum absolute atomic E-state index is 0.175. The fourth-order valence-corrected chi connectivity index (χ4v) is 3.20. The quantitative estimate of drug-likeness (QED) is 0.837. The van der Waals surface area contributed by atoms with Crippen LogP contribution in [-0.2, 0) is 12.0 Å². The van der Waals surface area contributed by atoms with Gasteiger partial charge < -0.3 is 5.32 Å². The first-order chi connectivity index (χ1) is 8.99. The van der Waals surface area contributed by atoms with E-state index < -0.39 is 0 Å². The highest BCUT2D eigenvalue weighted by Gasteiger charge is 2.20. The van der Waals surface area contributed by atoms with Crippen LogP contribution >= 0.6 is 22.9 Å². The highest BCUT2D eigenvalue weighted by atomic mass is 35.5. The number of rotatable bonds is 5. The van der Waals surface area contributed by atoms with Crippen LogP contribution in [-0.4, -0.2) is 6.54 Å². The third-order valence-corrected chi connectivity index (χ3v) is 4.85. The molecule has 0 aliphatic rings. The number of hydrogen-bond donors (Lipinski definition) is 1. The summed E-state index contributed by atoms with van der Waals surface area (Å²) in [4.78, 5) is 1.42. The van der Waals surface area contributed by atoms with E-state index in [1.54, 1.807) is 0 Å². The summed E-state index contributed by atoms with van der Waals surface area (Å²) in [6.45, 7) is 8.52. The highest BCUT2D eigenvalue weighted by Crippen LogP contribution is 2.26. The predicted molar refractivity (Wildman–Crippen MR) is 85.2 cm³/mol. The Balaban J connectivity index is 1.93. The number of halogens is 1. The van der Waals surface area contributed by atoms with Gasteiger partial charge in [-0.15, -0.1) is 11.3 Å². The van der Waals surface area contributed by atoms with E-state index in [1.807, 2.05) is 23.5 Å². The number of thiophene rings is 1. The molecule has 0 spiro atoms. The lowest BCUT2D eigenvalue weighted by Gasteiger charge is -2.24. The summed E-state index contributed by atoms with van der Waals surface area (Å²) < 4.78 is 0. The van der Waals surface area contributed by atoms with E-state index >= 15 is 0 Å². The predicted octanol–water partition coefficient (Wildman–Crippen LogP) is 4.78. The largest absolute Gasteiger partial charge is 0.312 e. The lowest BCUT2D eigenvalue weighted by atomic mass is 9.91. The molecule has 19 heavy (non-hydrogen) atoms. The van der Waals surface area contributed by atoms with Crippen LogP contribution in [0.15, 0.2) is 35.7 Å². The standard InChI is InChI=1S/C16H20ClNS/c1-12-9-14(17)7-6-13(12)10-18-11-16(2,3)15-5-4-8-19-15/h4-9,18H,10-11H2,1-3H3. The van der Waals surface area contributed by atoms with Gasteiger partial charge >= 0.3 is 0 Å². The smallest absolute Gasteiger partial charge is 0.0408 e. The number of hydrogen-bond acceptors (Lipinski definition) is 2. The van der Waals surface area contributed by atoms with Crippen molar-refractivity contribution in [1.82, 2.24) is 5.32 Å².